The normalized spacial score (nSPS) is 16.8. The Morgan fingerprint density at radius 3 is 2.32 bits per heavy atom. The fourth-order valence-electron chi connectivity index (χ4n) is 2.87. The molecule has 0 aliphatic carbocycles. The predicted octanol–water partition coefficient (Wildman–Crippen LogP) is 5.25. The number of nitrogens with zero attached hydrogens (tertiary/aromatic N) is 4. The van der Waals surface area contributed by atoms with E-state index in [1.807, 2.05) is 47.5 Å². The molecule has 2 aromatic carbocycles. The second-order valence-electron chi connectivity index (χ2n) is 5.73. The predicted molar refractivity (Wildman–Crippen MR) is 104 cm³/mol. The summed E-state index contributed by atoms with van der Waals surface area (Å²) in [5, 5.41) is 7.42. The highest BCUT2D eigenvalue weighted by Crippen LogP contribution is 2.35. The van der Waals surface area contributed by atoms with E-state index in [9.17, 15) is 0 Å². The second kappa shape index (κ2) is 6.94. The van der Waals surface area contributed by atoms with Crippen molar-refractivity contribution in [1.82, 2.24) is 9.97 Å². The van der Waals surface area contributed by atoms with Gasteiger partial charge >= 0.3 is 0 Å². The highest BCUT2D eigenvalue weighted by atomic mass is 79.9. The summed E-state index contributed by atoms with van der Waals surface area (Å²) in [6, 6.07) is 18.1. The van der Waals surface area contributed by atoms with Crippen LogP contribution in [0, 0.1) is 0 Å². The molecule has 25 heavy (non-hydrogen) atoms. The third-order valence-electron chi connectivity index (χ3n) is 4.08. The van der Waals surface area contributed by atoms with Crippen molar-refractivity contribution in [3.8, 4) is 0 Å². The van der Waals surface area contributed by atoms with Crippen molar-refractivity contribution in [2.24, 2.45) is 5.10 Å². The third-order valence-corrected chi connectivity index (χ3v) is 4.75. The third kappa shape index (κ3) is 3.43. The van der Waals surface area contributed by atoms with Gasteiger partial charge in [0.15, 0.2) is 0 Å². The summed E-state index contributed by atoms with van der Waals surface area (Å²) in [4.78, 5) is 8.83. The number of benzene rings is 2. The molecule has 0 fully saturated rings. The molecular formula is C19H14BrClN4. The van der Waals surface area contributed by atoms with Crippen LogP contribution < -0.4 is 5.01 Å². The molecule has 124 valence electrons. The Balaban J connectivity index is 1.74. The molecule has 0 N–H and O–H groups in total. The van der Waals surface area contributed by atoms with Crippen molar-refractivity contribution in [3.05, 3.63) is 87.6 Å². The van der Waals surface area contributed by atoms with Gasteiger partial charge in [-0.1, -0.05) is 54.1 Å². The van der Waals surface area contributed by atoms with Crippen molar-refractivity contribution in [2.75, 3.05) is 5.01 Å². The molecule has 1 atom stereocenters. The van der Waals surface area contributed by atoms with Gasteiger partial charge in [-0.15, -0.1) is 0 Å². The average Bonchev–Trinajstić information content (AvgIpc) is 3.09. The highest BCUT2D eigenvalue weighted by Gasteiger charge is 2.31. The molecule has 1 aliphatic heterocycles. The Morgan fingerprint density at radius 1 is 0.960 bits per heavy atom. The molecule has 1 aliphatic rings. The van der Waals surface area contributed by atoms with Gasteiger partial charge in [0.25, 0.3) is 0 Å². The van der Waals surface area contributed by atoms with Crippen molar-refractivity contribution >= 4 is 39.2 Å². The molecule has 2 heterocycles. The van der Waals surface area contributed by atoms with Gasteiger partial charge in [0.2, 0.25) is 5.95 Å². The molecule has 0 bridgehead atoms. The van der Waals surface area contributed by atoms with Gasteiger partial charge in [-0.05, 0) is 39.2 Å². The van der Waals surface area contributed by atoms with Crippen LogP contribution >= 0.6 is 27.5 Å². The van der Waals surface area contributed by atoms with E-state index in [2.05, 4.69) is 38.0 Å². The SMILES string of the molecule is Clc1ccc([C@H]2CC(c3ccccc3)=NN2c2ncc(Br)cn2)cc1. The van der Waals surface area contributed by atoms with Crippen LogP contribution in [0.2, 0.25) is 5.02 Å². The van der Waals surface area contributed by atoms with Gasteiger partial charge in [0, 0.05) is 23.8 Å². The van der Waals surface area contributed by atoms with Crippen LogP contribution in [0.3, 0.4) is 0 Å². The zero-order valence-corrected chi connectivity index (χ0v) is 15.5. The maximum Gasteiger partial charge on any atom is 0.246 e. The minimum Gasteiger partial charge on any atom is -0.223 e. The molecule has 0 unspecified atom stereocenters. The first kappa shape index (κ1) is 16.2. The molecule has 0 spiro atoms. The molecule has 0 radical (unpaired) electrons. The molecule has 4 rings (SSSR count). The van der Waals surface area contributed by atoms with E-state index in [4.69, 9.17) is 16.7 Å². The molecular weight excluding hydrogens is 400 g/mol. The Hall–Kier alpha value is -2.24. The Bertz CT molecular complexity index is 895. The number of anilines is 1. The fraction of sp³-hybridized carbons (Fsp3) is 0.105. The quantitative estimate of drug-likeness (QED) is 0.589. The van der Waals surface area contributed by atoms with Crippen LogP contribution in [-0.2, 0) is 0 Å². The number of hydrogen-bond donors (Lipinski definition) is 0. The first-order valence-electron chi connectivity index (χ1n) is 7.86. The van der Waals surface area contributed by atoms with Gasteiger partial charge in [-0.25, -0.2) is 15.0 Å². The van der Waals surface area contributed by atoms with E-state index in [0.29, 0.717) is 5.95 Å². The van der Waals surface area contributed by atoms with Gasteiger partial charge in [-0.2, -0.15) is 5.10 Å². The van der Waals surface area contributed by atoms with Gasteiger partial charge < -0.3 is 0 Å². The number of hydrazone groups is 1. The Morgan fingerprint density at radius 2 is 1.64 bits per heavy atom. The molecule has 1 aromatic heterocycles. The maximum atomic E-state index is 6.04. The first-order valence-corrected chi connectivity index (χ1v) is 9.03. The number of aromatic nitrogens is 2. The van der Waals surface area contributed by atoms with Crippen molar-refractivity contribution in [1.29, 1.82) is 0 Å². The largest absolute Gasteiger partial charge is 0.246 e. The van der Waals surface area contributed by atoms with E-state index in [-0.39, 0.29) is 6.04 Å². The van der Waals surface area contributed by atoms with Crippen LogP contribution in [0.5, 0.6) is 0 Å². The molecule has 0 amide bonds. The van der Waals surface area contributed by atoms with Crippen molar-refractivity contribution < 1.29 is 0 Å². The first-order chi connectivity index (χ1) is 12.2. The molecule has 3 aromatic rings. The van der Waals surface area contributed by atoms with Crippen LogP contribution in [0.15, 0.2) is 76.6 Å². The second-order valence-corrected chi connectivity index (χ2v) is 7.08. The van der Waals surface area contributed by atoms with Crippen LogP contribution in [-0.4, -0.2) is 15.7 Å². The fourth-order valence-corrected chi connectivity index (χ4v) is 3.20. The summed E-state index contributed by atoms with van der Waals surface area (Å²) in [6.07, 6.45) is 4.25. The summed E-state index contributed by atoms with van der Waals surface area (Å²) in [5.41, 5.74) is 3.26. The van der Waals surface area contributed by atoms with E-state index in [1.54, 1.807) is 12.4 Å². The summed E-state index contributed by atoms with van der Waals surface area (Å²) < 4.78 is 0.839. The van der Waals surface area contributed by atoms with E-state index in [1.165, 1.54) is 0 Å². The molecule has 4 nitrogen and oxygen atoms in total. The lowest BCUT2D eigenvalue weighted by Crippen LogP contribution is -2.20. The minimum absolute atomic E-state index is 0.0358. The van der Waals surface area contributed by atoms with Crippen molar-refractivity contribution in [3.63, 3.8) is 0 Å². The van der Waals surface area contributed by atoms with Crippen LogP contribution in [0.4, 0.5) is 5.95 Å². The number of hydrogen-bond acceptors (Lipinski definition) is 4. The van der Waals surface area contributed by atoms with E-state index < -0.39 is 0 Å². The summed E-state index contributed by atoms with van der Waals surface area (Å²) in [5.74, 6) is 0.578. The Kier molecular flexibility index (Phi) is 4.51. The highest BCUT2D eigenvalue weighted by molar-refractivity contribution is 9.10. The topological polar surface area (TPSA) is 41.4 Å². The summed E-state index contributed by atoms with van der Waals surface area (Å²) >= 11 is 9.42. The average molecular weight is 414 g/mol. The lowest BCUT2D eigenvalue weighted by molar-refractivity contribution is 0.686. The van der Waals surface area contributed by atoms with Crippen LogP contribution in [0.1, 0.15) is 23.6 Å². The van der Waals surface area contributed by atoms with E-state index >= 15 is 0 Å². The number of halogens is 2. The van der Waals surface area contributed by atoms with Crippen molar-refractivity contribution in [2.45, 2.75) is 12.5 Å². The van der Waals surface area contributed by atoms with Gasteiger partial charge in [-0.3, -0.25) is 0 Å². The summed E-state index contributed by atoms with van der Waals surface area (Å²) in [6.45, 7) is 0. The smallest absolute Gasteiger partial charge is 0.223 e. The van der Waals surface area contributed by atoms with Crippen LogP contribution in [0.25, 0.3) is 0 Å². The maximum absolute atomic E-state index is 6.04. The molecule has 6 heteroatoms. The summed E-state index contributed by atoms with van der Waals surface area (Å²) in [7, 11) is 0. The monoisotopic (exact) mass is 412 g/mol. The zero-order chi connectivity index (χ0) is 17.2. The lowest BCUT2D eigenvalue weighted by atomic mass is 9.98. The Labute approximate surface area is 159 Å². The lowest BCUT2D eigenvalue weighted by Gasteiger charge is -2.21. The standard InChI is InChI=1S/C19H14BrClN4/c20-15-11-22-19(23-12-15)25-18(14-6-8-16(21)9-7-14)10-17(24-25)13-4-2-1-3-5-13/h1-9,11-12,18H,10H2/t18-/m1/s1. The van der Waals surface area contributed by atoms with Gasteiger partial charge in [0.05, 0.1) is 16.2 Å². The minimum atomic E-state index is 0.0358. The zero-order valence-electron chi connectivity index (χ0n) is 13.2. The van der Waals surface area contributed by atoms with E-state index in [0.717, 1.165) is 32.8 Å². The van der Waals surface area contributed by atoms with Gasteiger partial charge in [0.1, 0.15) is 0 Å². The number of rotatable bonds is 3. The molecule has 0 saturated carbocycles. The molecule has 0 saturated heterocycles.